The number of aromatic nitrogens is 4. The van der Waals surface area contributed by atoms with Gasteiger partial charge in [0, 0.05) is 18.9 Å². The van der Waals surface area contributed by atoms with Crippen molar-refractivity contribution in [3.05, 3.63) is 54.1 Å². The topological polar surface area (TPSA) is 91.0 Å². The lowest BCUT2D eigenvalue weighted by Crippen LogP contribution is -2.13. The third-order valence-electron chi connectivity index (χ3n) is 3.88. The van der Waals surface area contributed by atoms with Gasteiger partial charge >= 0.3 is 0 Å². The van der Waals surface area contributed by atoms with Gasteiger partial charge in [-0.1, -0.05) is 12.1 Å². The molecule has 0 saturated heterocycles. The van der Waals surface area contributed by atoms with Crippen molar-refractivity contribution in [3.63, 3.8) is 0 Å². The highest BCUT2D eigenvalue weighted by molar-refractivity contribution is 7.92. The number of benzene rings is 1. The van der Waals surface area contributed by atoms with Crippen molar-refractivity contribution in [2.24, 2.45) is 0 Å². The molecule has 1 aromatic carbocycles. The van der Waals surface area contributed by atoms with E-state index in [1.54, 1.807) is 29.6 Å². The van der Waals surface area contributed by atoms with Gasteiger partial charge in [-0.15, -0.1) is 0 Å². The number of sulfonamides is 1. The van der Waals surface area contributed by atoms with E-state index in [1.807, 2.05) is 31.2 Å². The molecule has 138 valence electrons. The van der Waals surface area contributed by atoms with Gasteiger partial charge in [-0.3, -0.25) is 14.1 Å². The van der Waals surface area contributed by atoms with Crippen LogP contribution in [0.25, 0.3) is 0 Å². The number of nitrogens with zero attached hydrogens (tertiary/aromatic N) is 4. The number of methoxy groups -OCH3 is 1. The van der Waals surface area contributed by atoms with Gasteiger partial charge in [-0.25, -0.2) is 8.42 Å². The van der Waals surface area contributed by atoms with E-state index in [2.05, 4.69) is 14.9 Å². The first-order valence-corrected chi connectivity index (χ1v) is 9.62. The third-order valence-corrected chi connectivity index (χ3v) is 5.36. The fourth-order valence-electron chi connectivity index (χ4n) is 2.60. The minimum Gasteiger partial charge on any atom is -0.497 e. The lowest BCUT2D eigenvalue weighted by molar-refractivity contribution is 0.414. The van der Waals surface area contributed by atoms with Crippen molar-refractivity contribution in [2.45, 2.75) is 31.8 Å². The Kier molecular flexibility index (Phi) is 4.99. The van der Waals surface area contributed by atoms with E-state index in [4.69, 9.17) is 4.74 Å². The predicted molar refractivity (Wildman–Crippen MR) is 97.8 cm³/mol. The first kappa shape index (κ1) is 18.0. The molecular formula is C17H21N5O3S. The maximum absolute atomic E-state index is 12.6. The van der Waals surface area contributed by atoms with Crippen molar-refractivity contribution in [1.82, 2.24) is 19.6 Å². The number of aryl methyl sites for hydroxylation is 2. The second kappa shape index (κ2) is 7.20. The number of nitrogens with one attached hydrogen (secondary N) is 1. The van der Waals surface area contributed by atoms with Gasteiger partial charge in [0.15, 0.2) is 0 Å². The van der Waals surface area contributed by atoms with Crippen molar-refractivity contribution in [1.29, 1.82) is 0 Å². The summed E-state index contributed by atoms with van der Waals surface area (Å²) in [4.78, 5) is 0.167. The average molecular weight is 375 g/mol. The van der Waals surface area contributed by atoms with E-state index in [0.29, 0.717) is 24.5 Å². The Bertz CT molecular complexity index is 1010. The fraction of sp³-hybridized carbons (Fsp3) is 0.294. The summed E-state index contributed by atoms with van der Waals surface area (Å²) in [6.45, 7) is 4.69. The lowest BCUT2D eigenvalue weighted by Gasteiger charge is -2.05. The smallest absolute Gasteiger partial charge is 0.265 e. The molecule has 3 rings (SSSR count). The van der Waals surface area contributed by atoms with Crippen molar-refractivity contribution in [3.8, 4) is 5.75 Å². The Morgan fingerprint density at radius 1 is 1.23 bits per heavy atom. The molecule has 0 bridgehead atoms. The van der Waals surface area contributed by atoms with Crippen LogP contribution in [0.5, 0.6) is 5.75 Å². The van der Waals surface area contributed by atoms with Crippen LogP contribution in [0.1, 0.15) is 18.2 Å². The summed E-state index contributed by atoms with van der Waals surface area (Å²) >= 11 is 0. The number of hydrogen-bond acceptors (Lipinski definition) is 5. The summed E-state index contributed by atoms with van der Waals surface area (Å²) in [5, 5.41) is 8.40. The van der Waals surface area contributed by atoms with E-state index in [-0.39, 0.29) is 4.90 Å². The maximum atomic E-state index is 12.6. The fourth-order valence-corrected chi connectivity index (χ4v) is 3.81. The maximum Gasteiger partial charge on any atom is 0.265 e. The highest BCUT2D eigenvalue weighted by Gasteiger charge is 2.21. The van der Waals surface area contributed by atoms with Gasteiger partial charge in [0.25, 0.3) is 10.0 Å². The Morgan fingerprint density at radius 3 is 2.73 bits per heavy atom. The second-order valence-corrected chi connectivity index (χ2v) is 7.47. The monoisotopic (exact) mass is 375 g/mol. The zero-order valence-corrected chi connectivity index (χ0v) is 15.7. The molecule has 2 heterocycles. The standard InChI is InChI=1S/C17H21N5O3S/c1-4-21-12-17(13(2)19-21)26(23,24)20-15-9-18-22(11-15)10-14-6-5-7-16(8-14)25-3/h5-9,11-12,20H,4,10H2,1-3H3. The molecule has 0 aliphatic heterocycles. The number of anilines is 1. The van der Waals surface area contributed by atoms with E-state index in [0.717, 1.165) is 11.3 Å². The SMILES string of the molecule is CCn1cc(S(=O)(=O)Nc2cnn(Cc3cccc(OC)c3)c2)c(C)n1. The van der Waals surface area contributed by atoms with Gasteiger partial charge in [-0.05, 0) is 31.5 Å². The number of rotatable bonds is 7. The van der Waals surface area contributed by atoms with E-state index < -0.39 is 10.0 Å². The molecular weight excluding hydrogens is 354 g/mol. The number of hydrogen-bond donors (Lipinski definition) is 1. The minimum absolute atomic E-state index is 0.167. The quantitative estimate of drug-likeness (QED) is 0.684. The largest absolute Gasteiger partial charge is 0.497 e. The number of ether oxygens (including phenoxy) is 1. The zero-order valence-electron chi connectivity index (χ0n) is 14.9. The molecule has 1 N–H and O–H groups in total. The first-order valence-electron chi connectivity index (χ1n) is 8.13. The molecule has 2 aromatic heterocycles. The summed E-state index contributed by atoms with van der Waals surface area (Å²) in [5.41, 5.74) is 1.86. The van der Waals surface area contributed by atoms with Crippen LogP contribution in [-0.4, -0.2) is 35.1 Å². The average Bonchev–Trinajstić information content (AvgIpc) is 3.21. The molecule has 0 atom stereocenters. The zero-order chi connectivity index (χ0) is 18.7. The van der Waals surface area contributed by atoms with E-state index in [9.17, 15) is 8.42 Å². The van der Waals surface area contributed by atoms with Crippen LogP contribution < -0.4 is 9.46 Å². The molecule has 0 fully saturated rings. The third kappa shape index (κ3) is 3.88. The molecule has 0 radical (unpaired) electrons. The Morgan fingerprint density at radius 2 is 2.04 bits per heavy atom. The molecule has 0 amide bonds. The van der Waals surface area contributed by atoms with Crippen LogP contribution in [0.15, 0.2) is 47.8 Å². The summed E-state index contributed by atoms with van der Waals surface area (Å²) < 4.78 is 36.2. The van der Waals surface area contributed by atoms with Gasteiger partial charge in [0.2, 0.25) is 0 Å². The predicted octanol–water partition coefficient (Wildman–Crippen LogP) is 2.27. The summed E-state index contributed by atoms with van der Waals surface area (Å²) in [6, 6.07) is 7.63. The Labute approximate surface area is 152 Å². The molecule has 0 spiro atoms. The van der Waals surface area contributed by atoms with Crippen LogP contribution in [0.2, 0.25) is 0 Å². The first-order chi connectivity index (χ1) is 12.4. The summed E-state index contributed by atoms with van der Waals surface area (Å²) in [6.07, 6.45) is 4.66. The van der Waals surface area contributed by atoms with Gasteiger partial charge in [0.05, 0.1) is 31.2 Å². The second-order valence-electron chi connectivity index (χ2n) is 5.82. The van der Waals surface area contributed by atoms with Crippen molar-refractivity contribution in [2.75, 3.05) is 11.8 Å². The van der Waals surface area contributed by atoms with Crippen LogP contribution in [0.3, 0.4) is 0 Å². The summed E-state index contributed by atoms with van der Waals surface area (Å²) in [7, 11) is -2.10. The highest BCUT2D eigenvalue weighted by atomic mass is 32.2. The Hall–Kier alpha value is -2.81. The summed E-state index contributed by atoms with van der Waals surface area (Å²) in [5.74, 6) is 0.763. The molecule has 3 aromatic rings. The van der Waals surface area contributed by atoms with Crippen LogP contribution in [0.4, 0.5) is 5.69 Å². The van der Waals surface area contributed by atoms with Gasteiger partial charge in [0.1, 0.15) is 10.6 Å². The lowest BCUT2D eigenvalue weighted by atomic mass is 10.2. The van der Waals surface area contributed by atoms with Gasteiger partial charge in [-0.2, -0.15) is 10.2 Å². The van der Waals surface area contributed by atoms with Crippen LogP contribution in [-0.2, 0) is 23.1 Å². The van der Waals surface area contributed by atoms with E-state index >= 15 is 0 Å². The van der Waals surface area contributed by atoms with Crippen LogP contribution >= 0.6 is 0 Å². The molecule has 0 unspecified atom stereocenters. The Balaban J connectivity index is 1.76. The molecule has 9 heteroatoms. The van der Waals surface area contributed by atoms with Crippen molar-refractivity contribution < 1.29 is 13.2 Å². The highest BCUT2D eigenvalue weighted by Crippen LogP contribution is 2.19. The van der Waals surface area contributed by atoms with Crippen molar-refractivity contribution >= 4 is 15.7 Å². The van der Waals surface area contributed by atoms with Gasteiger partial charge < -0.3 is 4.74 Å². The normalized spacial score (nSPS) is 11.5. The molecule has 8 nitrogen and oxygen atoms in total. The van der Waals surface area contributed by atoms with Crippen LogP contribution in [0, 0.1) is 6.92 Å². The molecule has 0 aliphatic rings. The minimum atomic E-state index is -3.71. The molecule has 0 saturated carbocycles. The van der Waals surface area contributed by atoms with E-state index in [1.165, 1.54) is 12.4 Å². The molecule has 0 aliphatic carbocycles. The molecule has 26 heavy (non-hydrogen) atoms.